The lowest BCUT2D eigenvalue weighted by atomic mass is 9.98. The summed E-state index contributed by atoms with van der Waals surface area (Å²) in [5, 5.41) is 11.1. The summed E-state index contributed by atoms with van der Waals surface area (Å²) < 4.78 is 4.92. The van der Waals surface area contributed by atoms with Gasteiger partial charge in [0, 0.05) is 47.3 Å². The normalized spacial score (nSPS) is 12.1. The van der Waals surface area contributed by atoms with Crippen molar-refractivity contribution in [3.05, 3.63) is 140 Å². The summed E-state index contributed by atoms with van der Waals surface area (Å²) in [5.41, 5.74) is 5.16. The first-order chi connectivity index (χ1) is 21.8. The van der Waals surface area contributed by atoms with Crippen LogP contribution in [0, 0.1) is 0 Å². The number of thiophene rings is 1. The zero-order valence-electron chi connectivity index (χ0n) is 23.5. The fourth-order valence-corrected chi connectivity index (χ4v) is 8.21. The van der Waals surface area contributed by atoms with Crippen molar-refractivity contribution in [2.45, 2.75) is 0 Å². The molecule has 0 spiro atoms. The molecule has 3 heterocycles. The summed E-state index contributed by atoms with van der Waals surface area (Å²) in [4.78, 5) is 10.4. The highest BCUT2D eigenvalue weighted by Gasteiger charge is 2.19. The van der Waals surface area contributed by atoms with E-state index in [9.17, 15) is 0 Å². The predicted octanol–water partition coefficient (Wildman–Crippen LogP) is 11.1. The van der Waals surface area contributed by atoms with Gasteiger partial charge in [0.25, 0.3) is 0 Å². The van der Waals surface area contributed by atoms with Gasteiger partial charge in [0.15, 0.2) is 0 Å². The summed E-state index contributed by atoms with van der Waals surface area (Å²) >= 11 is 1.88. The third-order valence-electron chi connectivity index (χ3n) is 8.99. The summed E-state index contributed by atoms with van der Waals surface area (Å²) in [6.07, 6.45) is 0. The van der Waals surface area contributed by atoms with Crippen molar-refractivity contribution in [3.8, 4) is 17.2 Å². The van der Waals surface area contributed by atoms with E-state index in [0.717, 1.165) is 33.2 Å². The summed E-state index contributed by atoms with van der Waals surface area (Å²) in [6.45, 7) is 0. The van der Waals surface area contributed by atoms with E-state index in [1.165, 1.54) is 52.5 Å². The van der Waals surface area contributed by atoms with Gasteiger partial charge >= 0.3 is 0 Å². The Morgan fingerprint density at radius 1 is 0.455 bits per heavy atom. The van der Waals surface area contributed by atoms with Gasteiger partial charge in [0.2, 0.25) is 5.95 Å². The van der Waals surface area contributed by atoms with Crippen LogP contribution in [0.1, 0.15) is 0 Å². The van der Waals surface area contributed by atoms with E-state index in [-0.39, 0.29) is 0 Å². The Hall–Kier alpha value is -5.58. The van der Waals surface area contributed by atoms with Crippen LogP contribution in [0.25, 0.3) is 91.6 Å². The fraction of sp³-hybridized carbons (Fsp3) is 0. The fourth-order valence-electron chi connectivity index (χ4n) is 6.98. The first-order valence-corrected chi connectivity index (χ1v) is 15.7. The average Bonchev–Trinajstić information content (AvgIpc) is 3.63. The van der Waals surface area contributed by atoms with Gasteiger partial charge in [0.1, 0.15) is 0 Å². The topological polar surface area (TPSA) is 30.7 Å². The molecule has 0 atom stereocenters. The van der Waals surface area contributed by atoms with Gasteiger partial charge in [-0.25, -0.2) is 9.97 Å². The van der Waals surface area contributed by atoms with E-state index in [4.69, 9.17) is 9.97 Å². The minimum atomic E-state index is 0.681. The van der Waals surface area contributed by atoms with Crippen LogP contribution in [-0.4, -0.2) is 14.5 Å². The largest absolute Gasteiger partial charge is 0.278 e. The molecule has 7 aromatic carbocycles. The van der Waals surface area contributed by atoms with Crippen LogP contribution in [0.4, 0.5) is 0 Å². The molecular weight excluding hydrogens is 555 g/mol. The van der Waals surface area contributed by atoms with Crippen molar-refractivity contribution >= 4 is 85.8 Å². The van der Waals surface area contributed by atoms with Crippen LogP contribution in [0.5, 0.6) is 0 Å². The average molecular weight is 578 g/mol. The lowest BCUT2D eigenvalue weighted by Crippen LogP contribution is -2.03. The third kappa shape index (κ3) is 3.31. The van der Waals surface area contributed by atoms with E-state index in [1.807, 2.05) is 23.5 Å². The van der Waals surface area contributed by atoms with Crippen LogP contribution < -0.4 is 0 Å². The van der Waals surface area contributed by atoms with Gasteiger partial charge in [-0.15, -0.1) is 11.3 Å². The molecule has 3 aromatic heterocycles. The molecule has 44 heavy (non-hydrogen) atoms. The number of para-hydroxylation sites is 2. The Bertz CT molecular complexity index is 2770. The maximum absolute atomic E-state index is 5.27. The van der Waals surface area contributed by atoms with E-state index in [2.05, 4.69) is 132 Å². The van der Waals surface area contributed by atoms with E-state index < -0.39 is 0 Å². The molecule has 0 amide bonds. The maximum Gasteiger partial charge on any atom is 0.235 e. The molecule has 0 unspecified atom stereocenters. The molecule has 0 aliphatic rings. The molecule has 0 fully saturated rings. The first-order valence-electron chi connectivity index (χ1n) is 14.8. The van der Waals surface area contributed by atoms with Crippen molar-refractivity contribution < 1.29 is 0 Å². The molecule has 0 N–H and O–H groups in total. The highest BCUT2D eigenvalue weighted by molar-refractivity contribution is 7.26. The Morgan fingerprint density at radius 3 is 2.07 bits per heavy atom. The molecule has 4 heteroatoms. The third-order valence-corrected chi connectivity index (χ3v) is 10.2. The zero-order chi connectivity index (χ0) is 28.8. The standard InChI is InChI=1S/C40H23N3S/c1-2-10-24(11-3-1)38-31-14-4-7-15-34(31)41-40(42-38)43-35-16-8-5-12-27(35)33-22-25-18-19-29-26(32(25)23-36(33)43)20-21-30-28-13-6-9-17-37(28)44-39(29)30/h1-23H. The minimum Gasteiger partial charge on any atom is -0.278 e. The maximum atomic E-state index is 5.27. The van der Waals surface area contributed by atoms with Crippen LogP contribution in [0.3, 0.4) is 0 Å². The van der Waals surface area contributed by atoms with Gasteiger partial charge < -0.3 is 0 Å². The predicted molar refractivity (Wildman–Crippen MR) is 187 cm³/mol. The number of fused-ring (bicyclic) bond motifs is 11. The lowest BCUT2D eigenvalue weighted by molar-refractivity contribution is 1.01. The van der Waals surface area contributed by atoms with Crippen molar-refractivity contribution in [3.63, 3.8) is 0 Å². The number of benzene rings is 7. The summed E-state index contributed by atoms with van der Waals surface area (Å²) in [5.74, 6) is 0.681. The van der Waals surface area contributed by atoms with Gasteiger partial charge in [-0.2, -0.15) is 0 Å². The quantitative estimate of drug-likeness (QED) is 0.191. The number of nitrogens with zero attached hydrogens (tertiary/aromatic N) is 3. The number of aromatic nitrogens is 3. The first kappa shape index (κ1) is 23.9. The van der Waals surface area contributed by atoms with Crippen LogP contribution in [0.15, 0.2) is 140 Å². The Kier molecular flexibility index (Phi) is 4.87. The smallest absolute Gasteiger partial charge is 0.235 e. The number of hydrogen-bond donors (Lipinski definition) is 0. The number of hydrogen-bond acceptors (Lipinski definition) is 3. The van der Waals surface area contributed by atoms with Gasteiger partial charge in [-0.3, -0.25) is 4.57 Å². The highest BCUT2D eigenvalue weighted by atomic mass is 32.1. The molecular formula is C40H23N3S. The molecule has 204 valence electrons. The Balaban J connectivity index is 1.32. The summed E-state index contributed by atoms with van der Waals surface area (Å²) in [6, 6.07) is 49.9. The molecule has 0 saturated carbocycles. The highest BCUT2D eigenvalue weighted by Crippen LogP contribution is 2.42. The molecule has 10 rings (SSSR count). The number of rotatable bonds is 2. The van der Waals surface area contributed by atoms with Gasteiger partial charge in [0.05, 0.1) is 22.2 Å². The minimum absolute atomic E-state index is 0.681. The molecule has 3 nitrogen and oxygen atoms in total. The van der Waals surface area contributed by atoms with Gasteiger partial charge in [-0.05, 0) is 46.5 Å². The van der Waals surface area contributed by atoms with E-state index in [1.54, 1.807) is 0 Å². The van der Waals surface area contributed by atoms with Crippen molar-refractivity contribution in [2.75, 3.05) is 0 Å². The van der Waals surface area contributed by atoms with Gasteiger partial charge in [-0.1, -0.05) is 109 Å². The van der Waals surface area contributed by atoms with E-state index >= 15 is 0 Å². The molecule has 0 bridgehead atoms. The SMILES string of the molecule is c1ccc(-c2nc(-n3c4ccccc4c4cc5ccc6c(ccc7c8ccccc8sc76)c5cc43)nc3ccccc23)cc1. The van der Waals surface area contributed by atoms with Crippen molar-refractivity contribution in [2.24, 2.45) is 0 Å². The Morgan fingerprint density at radius 2 is 1.16 bits per heavy atom. The van der Waals surface area contributed by atoms with Crippen LogP contribution >= 0.6 is 11.3 Å². The van der Waals surface area contributed by atoms with E-state index in [0.29, 0.717) is 5.95 Å². The molecule has 0 aliphatic heterocycles. The molecule has 0 radical (unpaired) electrons. The van der Waals surface area contributed by atoms with Crippen molar-refractivity contribution in [1.29, 1.82) is 0 Å². The molecule has 0 aliphatic carbocycles. The zero-order valence-corrected chi connectivity index (χ0v) is 24.3. The van der Waals surface area contributed by atoms with Crippen LogP contribution in [0.2, 0.25) is 0 Å². The second kappa shape index (κ2) is 8.96. The summed E-state index contributed by atoms with van der Waals surface area (Å²) in [7, 11) is 0. The lowest BCUT2D eigenvalue weighted by Gasteiger charge is -2.12. The molecule has 0 saturated heterocycles. The van der Waals surface area contributed by atoms with Crippen LogP contribution in [-0.2, 0) is 0 Å². The Labute approximate surface area is 256 Å². The van der Waals surface area contributed by atoms with Crippen molar-refractivity contribution in [1.82, 2.24) is 14.5 Å². The second-order valence-corrected chi connectivity index (χ2v) is 12.5. The monoisotopic (exact) mass is 577 g/mol. The second-order valence-electron chi connectivity index (χ2n) is 11.4. The molecule has 10 aromatic rings.